The summed E-state index contributed by atoms with van der Waals surface area (Å²) in [6, 6.07) is 28.8. The van der Waals surface area contributed by atoms with Crippen molar-refractivity contribution in [3.63, 3.8) is 0 Å². The molecule has 0 spiro atoms. The maximum atomic E-state index is 13.7. The number of aromatic amines is 1. The number of nitrogens with zero attached hydrogens (tertiary/aromatic N) is 3. The Bertz CT molecular complexity index is 2180. The highest BCUT2D eigenvalue weighted by Crippen LogP contribution is 2.67. The van der Waals surface area contributed by atoms with Gasteiger partial charge in [-0.2, -0.15) is 4.98 Å². The Morgan fingerprint density at radius 1 is 0.981 bits per heavy atom. The highest BCUT2D eigenvalue weighted by molar-refractivity contribution is 5.97. The molecule has 2 atom stereocenters. The summed E-state index contributed by atoms with van der Waals surface area (Å²) < 4.78 is 7.44. The number of amidine groups is 1. The van der Waals surface area contributed by atoms with E-state index in [4.69, 9.17) is 10.1 Å². The molecule has 1 saturated heterocycles. The van der Waals surface area contributed by atoms with Crippen molar-refractivity contribution in [3.05, 3.63) is 130 Å². The third-order valence-corrected chi connectivity index (χ3v) is 11.4. The predicted molar refractivity (Wildman–Crippen MR) is 204 cm³/mol. The summed E-state index contributed by atoms with van der Waals surface area (Å²) in [7, 11) is 0. The van der Waals surface area contributed by atoms with Crippen LogP contribution in [-0.2, 0) is 16.8 Å². The molecule has 53 heavy (non-hydrogen) atoms. The number of nitrogens with one attached hydrogen (secondary N) is 4. The van der Waals surface area contributed by atoms with Gasteiger partial charge in [0.15, 0.2) is 5.78 Å². The molecule has 0 radical (unpaired) electrons. The number of aromatic nitrogens is 3. The number of fused-ring (bicyclic) bond motifs is 1. The number of ether oxygens (including phenoxy) is 1. The number of carbonyl (C=O) groups is 2. The number of hydrogen-bond acceptors (Lipinski definition) is 7. The first-order valence-electron chi connectivity index (χ1n) is 18.6. The molecular weight excluding hydrogens is 667 g/mol. The molecule has 3 aliphatic carbocycles. The van der Waals surface area contributed by atoms with Crippen molar-refractivity contribution in [1.82, 2.24) is 30.1 Å². The van der Waals surface area contributed by atoms with Gasteiger partial charge < -0.3 is 20.4 Å². The van der Waals surface area contributed by atoms with Gasteiger partial charge >= 0.3 is 11.8 Å². The Labute approximate surface area is 308 Å². The van der Waals surface area contributed by atoms with Crippen molar-refractivity contribution in [3.8, 4) is 5.69 Å². The van der Waals surface area contributed by atoms with E-state index in [0.717, 1.165) is 66.3 Å². The number of piperidine rings is 1. The van der Waals surface area contributed by atoms with Gasteiger partial charge in [0.25, 0.3) is 0 Å². The van der Waals surface area contributed by atoms with E-state index < -0.39 is 0 Å². The number of likely N-dealkylation sites (tertiary alicyclic amines) is 1. The van der Waals surface area contributed by atoms with Crippen LogP contribution in [0.5, 0.6) is 0 Å². The number of ketones is 1. The summed E-state index contributed by atoms with van der Waals surface area (Å²) in [5.74, 6) is 0.503. The smallest absolute Gasteiger partial charge is 0.410 e. The Morgan fingerprint density at radius 3 is 2.42 bits per heavy atom. The predicted octanol–water partition coefficient (Wildman–Crippen LogP) is 6.57. The minimum absolute atomic E-state index is 0.0104. The third kappa shape index (κ3) is 6.89. The van der Waals surface area contributed by atoms with E-state index in [2.05, 4.69) is 26.7 Å². The van der Waals surface area contributed by atoms with Gasteiger partial charge in [-0.05, 0) is 81.2 Å². The molecule has 3 heterocycles. The van der Waals surface area contributed by atoms with Crippen LogP contribution in [0.2, 0.25) is 0 Å². The van der Waals surface area contributed by atoms with E-state index in [0.29, 0.717) is 36.7 Å². The fourth-order valence-electron chi connectivity index (χ4n) is 8.76. The van der Waals surface area contributed by atoms with Crippen molar-refractivity contribution in [2.45, 2.75) is 81.5 Å². The molecule has 4 N–H and O–H groups in total. The zero-order valence-electron chi connectivity index (χ0n) is 29.9. The molecular formula is C42H45N7O4. The SMILES string of the molecule is CC(=N)NCC[C@@H]1CCC[C@@H](c2ccc(-n3cc4cc(C56CC(NCC(=O)c7ccccc7)(C5)C6)[nH]c4nc3=O)cc2)N1C(=O)OCc1ccccc1. The lowest BCUT2D eigenvalue weighted by Crippen LogP contribution is -2.76. The molecule has 2 aromatic heterocycles. The number of hydrogen-bond donors (Lipinski definition) is 4. The van der Waals surface area contributed by atoms with E-state index >= 15 is 0 Å². The molecule has 4 fully saturated rings. The van der Waals surface area contributed by atoms with Crippen molar-refractivity contribution in [2.75, 3.05) is 13.1 Å². The van der Waals surface area contributed by atoms with Gasteiger partial charge in [-0.25, -0.2) is 9.59 Å². The van der Waals surface area contributed by atoms with E-state index in [1.54, 1.807) is 11.5 Å². The molecule has 11 nitrogen and oxygen atoms in total. The normalized spacial score (nSPS) is 23.2. The van der Waals surface area contributed by atoms with Crippen molar-refractivity contribution in [2.24, 2.45) is 0 Å². The maximum Gasteiger partial charge on any atom is 0.410 e. The Hall–Kier alpha value is -5.55. The number of amides is 1. The van der Waals surface area contributed by atoms with Crippen LogP contribution in [0.1, 0.15) is 85.1 Å². The molecule has 11 heteroatoms. The van der Waals surface area contributed by atoms with Gasteiger partial charge in [-0.3, -0.25) is 19.7 Å². The summed E-state index contributed by atoms with van der Waals surface area (Å²) in [5.41, 5.74) is 4.63. The molecule has 3 aromatic carbocycles. The average Bonchev–Trinajstić information content (AvgIpc) is 3.55. The molecule has 9 rings (SSSR count). The molecule has 1 amide bonds. The third-order valence-electron chi connectivity index (χ3n) is 11.4. The first kappa shape index (κ1) is 34.5. The van der Waals surface area contributed by atoms with Gasteiger partial charge in [0.1, 0.15) is 12.3 Å². The monoisotopic (exact) mass is 711 g/mol. The molecule has 4 aliphatic rings. The first-order valence-corrected chi connectivity index (χ1v) is 18.6. The second-order valence-corrected chi connectivity index (χ2v) is 15.1. The number of carbonyl (C=O) groups excluding carboxylic acids is 2. The minimum Gasteiger partial charge on any atom is -0.445 e. The van der Waals surface area contributed by atoms with E-state index in [-0.39, 0.29) is 47.2 Å². The van der Waals surface area contributed by atoms with Crippen LogP contribution in [0.4, 0.5) is 4.79 Å². The summed E-state index contributed by atoms with van der Waals surface area (Å²) in [4.78, 5) is 49.4. The van der Waals surface area contributed by atoms with Crippen LogP contribution in [-0.4, -0.2) is 61.8 Å². The number of rotatable bonds is 12. The van der Waals surface area contributed by atoms with E-state index in [1.807, 2.05) is 96.0 Å². The number of benzene rings is 3. The Kier molecular flexibility index (Phi) is 9.20. The topological polar surface area (TPSA) is 145 Å². The van der Waals surface area contributed by atoms with E-state index in [1.165, 1.54) is 0 Å². The van der Waals surface area contributed by atoms with Crippen LogP contribution in [0, 0.1) is 5.41 Å². The van der Waals surface area contributed by atoms with Crippen LogP contribution in [0.25, 0.3) is 16.7 Å². The zero-order valence-corrected chi connectivity index (χ0v) is 29.9. The lowest BCUT2D eigenvalue weighted by Gasteiger charge is -2.70. The summed E-state index contributed by atoms with van der Waals surface area (Å²) in [5, 5.41) is 15.3. The second kappa shape index (κ2) is 14.1. The van der Waals surface area contributed by atoms with Crippen LogP contribution in [0.3, 0.4) is 0 Å². The van der Waals surface area contributed by atoms with Crippen LogP contribution in [0.15, 0.2) is 102 Å². The Balaban J connectivity index is 0.962. The first-order chi connectivity index (χ1) is 25.7. The second-order valence-electron chi connectivity index (χ2n) is 15.1. The fraction of sp³-hybridized carbons (Fsp3) is 0.357. The molecule has 3 saturated carbocycles. The molecule has 5 aromatic rings. The van der Waals surface area contributed by atoms with Crippen LogP contribution >= 0.6 is 0 Å². The molecule has 272 valence electrons. The van der Waals surface area contributed by atoms with Gasteiger partial charge in [0.05, 0.1) is 24.1 Å². The van der Waals surface area contributed by atoms with Crippen LogP contribution < -0.4 is 16.3 Å². The largest absolute Gasteiger partial charge is 0.445 e. The average molecular weight is 712 g/mol. The molecule has 2 bridgehead atoms. The maximum absolute atomic E-state index is 13.7. The summed E-state index contributed by atoms with van der Waals surface area (Å²) in [6.45, 7) is 2.84. The zero-order chi connectivity index (χ0) is 36.6. The minimum atomic E-state index is -0.369. The van der Waals surface area contributed by atoms with Crippen molar-refractivity contribution >= 4 is 28.7 Å². The highest BCUT2D eigenvalue weighted by atomic mass is 16.6. The molecule has 1 aliphatic heterocycles. The van der Waals surface area contributed by atoms with Gasteiger partial charge in [0, 0.05) is 46.4 Å². The lowest BCUT2D eigenvalue weighted by molar-refractivity contribution is -0.0884. The lowest BCUT2D eigenvalue weighted by atomic mass is 9.38. The highest BCUT2D eigenvalue weighted by Gasteiger charge is 2.68. The van der Waals surface area contributed by atoms with Crippen molar-refractivity contribution < 1.29 is 14.3 Å². The standard InChI is InChI=1S/C42H45N7O4/c1-28(43)44-20-19-34-13-8-14-35(49(34)40(52)53-24-29-9-4-2-5-10-29)30-15-17-33(18-16-30)48-23-32-21-37(46-38(32)47-39(48)51)41-25-42(26-41,27-41)45-22-36(50)31-11-6-3-7-12-31/h2-7,9-12,15-18,21,23,34-35,45H,8,13-14,19-20,22,24-27H2,1H3,(H2,43,44)(H,46,47,51)/t34-,35-,41?,42?/m0/s1. The Morgan fingerprint density at radius 2 is 1.70 bits per heavy atom. The number of Topliss-reactive ketones (excluding diaryl/α,β-unsaturated/α-hetero) is 1. The van der Waals surface area contributed by atoms with Gasteiger partial charge in [-0.15, -0.1) is 0 Å². The summed E-state index contributed by atoms with van der Waals surface area (Å²) in [6.07, 6.45) is 7.66. The fourth-order valence-corrected chi connectivity index (χ4v) is 8.76. The summed E-state index contributed by atoms with van der Waals surface area (Å²) >= 11 is 0. The van der Waals surface area contributed by atoms with Gasteiger partial charge in [0.2, 0.25) is 0 Å². The van der Waals surface area contributed by atoms with E-state index in [9.17, 15) is 14.4 Å². The number of H-pyrrole nitrogens is 1. The molecule has 0 unspecified atom stereocenters. The van der Waals surface area contributed by atoms with Crippen molar-refractivity contribution in [1.29, 1.82) is 5.41 Å². The van der Waals surface area contributed by atoms with Gasteiger partial charge in [-0.1, -0.05) is 72.8 Å². The quantitative estimate of drug-likeness (QED) is 0.0651.